The second kappa shape index (κ2) is 12.6. The fraction of sp³-hybridized carbons (Fsp3) is 0.944. The van der Waals surface area contributed by atoms with Gasteiger partial charge in [0.25, 0.3) is 0 Å². The van der Waals surface area contributed by atoms with Crippen LogP contribution in [0, 0.1) is 0 Å². The largest absolute Gasteiger partial charge is 0.381 e. The minimum atomic E-state index is 0. The van der Waals surface area contributed by atoms with Crippen LogP contribution in [-0.2, 0) is 4.74 Å². The predicted octanol–water partition coefficient (Wildman–Crippen LogP) is 2.95. The summed E-state index contributed by atoms with van der Waals surface area (Å²) in [5.41, 5.74) is 0. The zero-order chi connectivity index (χ0) is 17.3. The number of hydrogen-bond donors (Lipinski definition) is 2. The van der Waals surface area contributed by atoms with Gasteiger partial charge in [0, 0.05) is 50.7 Å². The van der Waals surface area contributed by atoms with Crippen molar-refractivity contribution in [1.29, 1.82) is 0 Å². The third kappa shape index (κ3) is 7.81. The molecule has 2 aliphatic rings. The van der Waals surface area contributed by atoms with E-state index in [2.05, 4.69) is 46.1 Å². The van der Waals surface area contributed by atoms with Gasteiger partial charge < -0.3 is 20.3 Å². The number of rotatable bonds is 7. The van der Waals surface area contributed by atoms with Crippen molar-refractivity contribution in [2.24, 2.45) is 4.99 Å². The van der Waals surface area contributed by atoms with Crippen molar-refractivity contribution >= 4 is 41.7 Å². The molecule has 0 spiro atoms. The smallest absolute Gasteiger partial charge is 0.191 e. The van der Waals surface area contributed by atoms with Crippen LogP contribution in [0.25, 0.3) is 0 Å². The van der Waals surface area contributed by atoms with Crippen LogP contribution in [0.1, 0.15) is 46.0 Å². The first kappa shape index (κ1) is 23.3. The normalized spacial score (nSPS) is 22.3. The molecule has 0 aliphatic carbocycles. The maximum absolute atomic E-state index is 5.56. The van der Waals surface area contributed by atoms with E-state index in [9.17, 15) is 0 Å². The fourth-order valence-corrected chi connectivity index (χ4v) is 4.91. The molecule has 2 N–H and O–H groups in total. The number of aliphatic imine (C=N–C) groups is 1. The molecule has 0 aromatic carbocycles. The Bertz CT molecular complexity index is 378. The second-order valence-corrected chi connectivity index (χ2v) is 8.65. The highest BCUT2D eigenvalue weighted by atomic mass is 127. The molecule has 0 amide bonds. The molecular weight excluding hydrogens is 447 g/mol. The summed E-state index contributed by atoms with van der Waals surface area (Å²) in [4.78, 5) is 7.03. The minimum absolute atomic E-state index is 0. The van der Waals surface area contributed by atoms with E-state index < -0.39 is 0 Å². The second-order valence-electron chi connectivity index (χ2n) is 6.91. The summed E-state index contributed by atoms with van der Waals surface area (Å²) in [5, 5.41) is 7.24. The lowest BCUT2D eigenvalue weighted by Gasteiger charge is -2.37. The Morgan fingerprint density at radius 2 is 1.92 bits per heavy atom. The van der Waals surface area contributed by atoms with Gasteiger partial charge in [-0.3, -0.25) is 4.99 Å². The van der Waals surface area contributed by atoms with Crippen molar-refractivity contribution in [3.63, 3.8) is 0 Å². The molecular formula is C18H37IN4OS. The average Bonchev–Trinajstić information content (AvgIpc) is 2.61. The summed E-state index contributed by atoms with van der Waals surface area (Å²) in [6.45, 7) is 10.9. The molecule has 0 saturated carbocycles. The van der Waals surface area contributed by atoms with Gasteiger partial charge in [0.2, 0.25) is 0 Å². The van der Waals surface area contributed by atoms with Crippen LogP contribution in [-0.4, -0.2) is 73.8 Å². The van der Waals surface area contributed by atoms with E-state index in [1.807, 2.05) is 7.05 Å². The SMILES string of the molecule is CCCN1CCC(NC(=NC)NCC2(SCC)CCOCC2)CC1.I. The molecule has 148 valence electrons. The van der Waals surface area contributed by atoms with E-state index in [-0.39, 0.29) is 24.0 Å². The Morgan fingerprint density at radius 1 is 1.24 bits per heavy atom. The van der Waals surface area contributed by atoms with Gasteiger partial charge in [0.1, 0.15) is 0 Å². The molecule has 7 heteroatoms. The van der Waals surface area contributed by atoms with Crippen LogP contribution in [0.15, 0.2) is 4.99 Å². The van der Waals surface area contributed by atoms with Crippen LogP contribution in [0.2, 0.25) is 0 Å². The van der Waals surface area contributed by atoms with Gasteiger partial charge in [-0.05, 0) is 44.4 Å². The molecule has 25 heavy (non-hydrogen) atoms. The number of likely N-dealkylation sites (tertiary alicyclic amines) is 1. The Balaban J connectivity index is 0.00000312. The summed E-state index contributed by atoms with van der Waals surface area (Å²) < 4.78 is 5.86. The first-order valence-corrected chi connectivity index (χ1v) is 10.6. The number of guanidine groups is 1. The van der Waals surface area contributed by atoms with Gasteiger partial charge in [0.15, 0.2) is 5.96 Å². The molecule has 2 fully saturated rings. The minimum Gasteiger partial charge on any atom is -0.381 e. The quantitative estimate of drug-likeness (QED) is 0.331. The summed E-state index contributed by atoms with van der Waals surface area (Å²) in [6, 6.07) is 0.550. The Hall–Kier alpha value is 0.270. The first-order chi connectivity index (χ1) is 11.7. The highest BCUT2D eigenvalue weighted by molar-refractivity contribution is 14.0. The number of halogens is 1. The molecule has 2 heterocycles. The maximum Gasteiger partial charge on any atom is 0.191 e. The van der Waals surface area contributed by atoms with Crippen molar-refractivity contribution in [2.75, 3.05) is 52.2 Å². The van der Waals surface area contributed by atoms with Crippen molar-refractivity contribution in [3.8, 4) is 0 Å². The molecule has 0 unspecified atom stereocenters. The molecule has 0 radical (unpaired) electrons. The lowest BCUT2D eigenvalue weighted by Crippen LogP contribution is -2.52. The zero-order valence-electron chi connectivity index (χ0n) is 16.2. The van der Waals surface area contributed by atoms with Gasteiger partial charge in [-0.15, -0.1) is 24.0 Å². The van der Waals surface area contributed by atoms with Crippen LogP contribution in [0.4, 0.5) is 0 Å². The van der Waals surface area contributed by atoms with Crippen molar-refractivity contribution in [2.45, 2.75) is 56.7 Å². The zero-order valence-corrected chi connectivity index (χ0v) is 19.3. The van der Waals surface area contributed by atoms with E-state index >= 15 is 0 Å². The molecule has 2 rings (SSSR count). The number of ether oxygens (including phenoxy) is 1. The number of thioether (sulfide) groups is 1. The molecule has 0 aromatic rings. The molecule has 0 bridgehead atoms. The first-order valence-electron chi connectivity index (χ1n) is 9.62. The Kier molecular flexibility index (Phi) is 11.8. The Labute approximate surface area is 175 Å². The van der Waals surface area contributed by atoms with Gasteiger partial charge in [-0.1, -0.05) is 13.8 Å². The summed E-state index contributed by atoms with van der Waals surface area (Å²) in [7, 11) is 1.88. The number of piperidine rings is 1. The van der Waals surface area contributed by atoms with Gasteiger partial charge in [0.05, 0.1) is 0 Å². The van der Waals surface area contributed by atoms with E-state index in [0.29, 0.717) is 10.8 Å². The number of nitrogens with one attached hydrogen (secondary N) is 2. The highest BCUT2D eigenvalue weighted by Gasteiger charge is 2.33. The van der Waals surface area contributed by atoms with E-state index in [4.69, 9.17) is 4.74 Å². The van der Waals surface area contributed by atoms with Crippen molar-refractivity contribution in [1.82, 2.24) is 15.5 Å². The lowest BCUT2D eigenvalue weighted by atomic mass is 9.99. The summed E-state index contributed by atoms with van der Waals surface area (Å²) >= 11 is 2.07. The molecule has 2 aliphatic heterocycles. The predicted molar refractivity (Wildman–Crippen MR) is 121 cm³/mol. The molecule has 0 atom stereocenters. The topological polar surface area (TPSA) is 48.9 Å². The van der Waals surface area contributed by atoms with Crippen molar-refractivity contribution in [3.05, 3.63) is 0 Å². The number of hydrogen-bond acceptors (Lipinski definition) is 4. The number of nitrogens with zero attached hydrogens (tertiary/aromatic N) is 2. The van der Waals surface area contributed by atoms with Gasteiger partial charge >= 0.3 is 0 Å². The van der Waals surface area contributed by atoms with Crippen LogP contribution in [0.3, 0.4) is 0 Å². The van der Waals surface area contributed by atoms with Crippen molar-refractivity contribution < 1.29 is 4.74 Å². The standard InChI is InChI=1S/C18H36N4OS.HI/c1-4-10-22-11-6-16(7-12-22)21-17(19-3)20-15-18(24-5-2)8-13-23-14-9-18;/h16H,4-15H2,1-3H3,(H2,19,20,21);1H. The van der Waals surface area contributed by atoms with Gasteiger partial charge in [-0.2, -0.15) is 11.8 Å². The van der Waals surface area contributed by atoms with E-state index in [0.717, 1.165) is 44.3 Å². The summed E-state index contributed by atoms with van der Waals surface area (Å²) in [6.07, 6.45) is 5.94. The van der Waals surface area contributed by atoms with E-state index in [1.54, 1.807) is 0 Å². The maximum atomic E-state index is 5.56. The molecule has 5 nitrogen and oxygen atoms in total. The third-order valence-corrected chi connectivity index (χ3v) is 6.58. The Morgan fingerprint density at radius 3 is 2.48 bits per heavy atom. The van der Waals surface area contributed by atoms with Crippen LogP contribution < -0.4 is 10.6 Å². The third-order valence-electron chi connectivity index (χ3n) is 5.12. The highest BCUT2D eigenvalue weighted by Crippen LogP contribution is 2.34. The van der Waals surface area contributed by atoms with Crippen LogP contribution in [0.5, 0.6) is 0 Å². The monoisotopic (exact) mass is 484 g/mol. The molecule has 2 saturated heterocycles. The van der Waals surface area contributed by atoms with Crippen LogP contribution >= 0.6 is 35.7 Å². The van der Waals surface area contributed by atoms with Gasteiger partial charge in [-0.25, -0.2) is 0 Å². The lowest BCUT2D eigenvalue weighted by molar-refractivity contribution is 0.0781. The molecule has 0 aromatic heterocycles. The summed E-state index contributed by atoms with van der Waals surface area (Å²) in [5.74, 6) is 2.12. The fourth-order valence-electron chi connectivity index (χ4n) is 3.67. The average molecular weight is 484 g/mol. The van der Waals surface area contributed by atoms with E-state index in [1.165, 1.54) is 38.9 Å².